The highest BCUT2D eigenvalue weighted by atomic mass is 14.7. The van der Waals surface area contributed by atoms with Gasteiger partial charge in [-0.1, -0.05) is 42.5 Å². The van der Waals surface area contributed by atoms with Crippen molar-refractivity contribution in [2.75, 3.05) is 0 Å². The van der Waals surface area contributed by atoms with E-state index in [4.69, 9.17) is 0 Å². The van der Waals surface area contributed by atoms with Crippen molar-refractivity contribution in [2.45, 2.75) is 6.42 Å². The van der Waals surface area contributed by atoms with Gasteiger partial charge < -0.3 is 4.98 Å². The Bertz CT molecular complexity index is 976. The highest BCUT2D eigenvalue weighted by Crippen LogP contribution is 2.42. The maximum atomic E-state index is 3.50. The standard InChI is InChI=1S/C19H12N/c1-2-6-13-12(5-1)11-16-14(13)9-10-18-19(16)15-7-3-4-8-17(15)20-18/h1-6,8-10,20H,11H2. The SMILES string of the molecule is [c]1cccc2[nH]c3ccc4c(c3c12)Cc1ccccc1-4. The number of aromatic amines is 1. The van der Waals surface area contributed by atoms with E-state index < -0.39 is 0 Å². The predicted molar refractivity (Wildman–Crippen MR) is 82.9 cm³/mol. The largest absolute Gasteiger partial charge is 0.354 e. The van der Waals surface area contributed by atoms with Crippen molar-refractivity contribution in [2.24, 2.45) is 0 Å². The third-order valence-corrected chi connectivity index (χ3v) is 4.36. The summed E-state index contributed by atoms with van der Waals surface area (Å²) in [4.78, 5) is 3.50. The molecule has 0 saturated carbocycles. The van der Waals surface area contributed by atoms with Crippen molar-refractivity contribution >= 4 is 21.8 Å². The van der Waals surface area contributed by atoms with Crippen LogP contribution in [0.4, 0.5) is 0 Å². The smallest absolute Gasteiger partial charge is 0.0471 e. The van der Waals surface area contributed by atoms with Gasteiger partial charge in [-0.15, -0.1) is 0 Å². The molecule has 0 fully saturated rings. The lowest BCUT2D eigenvalue weighted by Crippen LogP contribution is -1.82. The summed E-state index contributed by atoms with van der Waals surface area (Å²) >= 11 is 0. The first-order valence-corrected chi connectivity index (χ1v) is 6.94. The van der Waals surface area contributed by atoms with Gasteiger partial charge >= 0.3 is 0 Å². The lowest BCUT2D eigenvalue weighted by Gasteiger charge is -2.02. The second-order valence-electron chi connectivity index (χ2n) is 5.43. The second kappa shape index (κ2) is 3.51. The molecule has 1 aliphatic rings. The molecule has 1 aliphatic carbocycles. The van der Waals surface area contributed by atoms with Crippen LogP contribution >= 0.6 is 0 Å². The van der Waals surface area contributed by atoms with Gasteiger partial charge in [0.2, 0.25) is 0 Å². The monoisotopic (exact) mass is 254 g/mol. The van der Waals surface area contributed by atoms with E-state index in [-0.39, 0.29) is 0 Å². The Morgan fingerprint density at radius 1 is 0.850 bits per heavy atom. The number of hydrogen-bond acceptors (Lipinski definition) is 0. The molecule has 1 heterocycles. The average Bonchev–Trinajstić information content (AvgIpc) is 3.04. The Labute approximate surface area is 116 Å². The van der Waals surface area contributed by atoms with Crippen molar-refractivity contribution in [3.63, 3.8) is 0 Å². The van der Waals surface area contributed by atoms with Crippen LogP contribution in [-0.4, -0.2) is 4.98 Å². The normalized spacial score (nSPS) is 12.8. The van der Waals surface area contributed by atoms with Crippen LogP contribution in [0.3, 0.4) is 0 Å². The fourth-order valence-electron chi connectivity index (χ4n) is 3.49. The second-order valence-corrected chi connectivity index (χ2v) is 5.43. The van der Waals surface area contributed by atoms with Gasteiger partial charge in [0.15, 0.2) is 0 Å². The Kier molecular flexibility index (Phi) is 1.80. The molecule has 20 heavy (non-hydrogen) atoms. The summed E-state index contributed by atoms with van der Waals surface area (Å²) in [5.74, 6) is 0. The summed E-state index contributed by atoms with van der Waals surface area (Å²) in [6, 6.07) is 22.7. The molecule has 1 nitrogen and oxygen atoms in total. The molecule has 0 unspecified atom stereocenters. The summed E-state index contributed by atoms with van der Waals surface area (Å²) in [7, 11) is 0. The van der Waals surface area contributed by atoms with E-state index in [9.17, 15) is 0 Å². The fourth-order valence-corrected chi connectivity index (χ4v) is 3.49. The van der Waals surface area contributed by atoms with Crippen LogP contribution in [0.1, 0.15) is 11.1 Å². The minimum atomic E-state index is 1.03. The van der Waals surface area contributed by atoms with Crippen LogP contribution in [0, 0.1) is 6.07 Å². The van der Waals surface area contributed by atoms with Crippen molar-refractivity contribution in [1.29, 1.82) is 0 Å². The Morgan fingerprint density at radius 3 is 2.80 bits per heavy atom. The minimum absolute atomic E-state index is 1.03. The van der Waals surface area contributed by atoms with Crippen LogP contribution in [0.15, 0.2) is 54.6 Å². The molecule has 1 aromatic heterocycles. The Hall–Kier alpha value is -2.54. The number of fused-ring (bicyclic) bond motifs is 7. The summed E-state index contributed by atoms with van der Waals surface area (Å²) in [6.45, 7) is 0. The average molecular weight is 254 g/mol. The van der Waals surface area contributed by atoms with E-state index in [0.717, 1.165) is 6.42 Å². The van der Waals surface area contributed by atoms with Crippen LogP contribution in [0.2, 0.25) is 0 Å². The molecule has 0 aliphatic heterocycles. The van der Waals surface area contributed by atoms with E-state index >= 15 is 0 Å². The zero-order valence-electron chi connectivity index (χ0n) is 10.9. The predicted octanol–water partition coefficient (Wildman–Crippen LogP) is 4.69. The topological polar surface area (TPSA) is 15.8 Å². The zero-order valence-corrected chi connectivity index (χ0v) is 10.9. The van der Waals surface area contributed by atoms with E-state index in [1.54, 1.807) is 0 Å². The van der Waals surface area contributed by atoms with Gasteiger partial charge in [0.25, 0.3) is 0 Å². The number of H-pyrrole nitrogens is 1. The molecule has 0 atom stereocenters. The summed E-state index contributed by atoms with van der Waals surface area (Å²) in [5, 5.41) is 2.56. The first kappa shape index (κ1) is 10.3. The van der Waals surface area contributed by atoms with Gasteiger partial charge in [0.05, 0.1) is 0 Å². The van der Waals surface area contributed by atoms with Gasteiger partial charge in [-0.2, -0.15) is 0 Å². The van der Waals surface area contributed by atoms with Gasteiger partial charge in [-0.25, -0.2) is 0 Å². The van der Waals surface area contributed by atoms with Gasteiger partial charge in [-0.3, -0.25) is 0 Å². The van der Waals surface area contributed by atoms with Crippen LogP contribution < -0.4 is 0 Å². The van der Waals surface area contributed by atoms with Crippen molar-refractivity contribution < 1.29 is 0 Å². The molecular formula is C19H12N. The zero-order chi connectivity index (χ0) is 13.1. The van der Waals surface area contributed by atoms with E-state index in [2.05, 4.69) is 53.5 Å². The molecule has 5 rings (SSSR count). The summed E-state index contributed by atoms with van der Waals surface area (Å²) in [6.07, 6.45) is 1.03. The molecule has 0 bridgehead atoms. The van der Waals surface area contributed by atoms with E-state index in [1.165, 1.54) is 44.1 Å². The molecule has 1 N–H and O–H groups in total. The first-order valence-electron chi connectivity index (χ1n) is 6.94. The van der Waals surface area contributed by atoms with Crippen molar-refractivity contribution in [3.05, 3.63) is 71.8 Å². The molecule has 0 saturated heterocycles. The van der Waals surface area contributed by atoms with Crippen molar-refractivity contribution in [3.8, 4) is 11.1 Å². The van der Waals surface area contributed by atoms with E-state index in [0.29, 0.717) is 0 Å². The number of nitrogens with one attached hydrogen (secondary N) is 1. The molecule has 93 valence electrons. The highest BCUT2D eigenvalue weighted by Gasteiger charge is 2.21. The highest BCUT2D eigenvalue weighted by molar-refractivity contribution is 6.11. The molecule has 0 amide bonds. The third-order valence-electron chi connectivity index (χ3n) is 4.36. The van der Waals surface area contributed by atoms with Crippen LogP contribution in [-0.2, 0) is 6.42 Å². The van der Waals surface area contributed by atoms with Gasteiger partial charge in [-0.05, 0) is 46.9 Å². The summed E-state index contributed by atoms with van der Waals surface area (Å²) in [5.41, 5.74) is 8.03. The lowest BCUT2D eigenvalue weighted by molar-refractivity contribution is 1.29. The molecule has 1 radical (unpaired) electrons. The summed E-state index contributed by atoms with van der Waals surface area (Å²) < 4.78 is 0. The number of aromatic nitrogens is 1. The Morgan fingerprint density at radius 2 is 1.80 bits per heavy atom. The van der Waals surface area contributed by atoms with Gasteiger partial charge in [0.1, 0.15) is 0 Å². The third kappa shape index (κ3) is 1.17. The first-order chi connectivity index (χ1) is 9.92. The minimum Gasteiger partial charge on any atom is -0.354 e. The number of hydrogen-bond donors (Lipinski definition) is 1. The molecule has 0 spiro atoms. The number of benzene rings is 3. The quantitative estimate of drug-likeness (QED) is 0.412. The molecule has 4 aromatic rings. The lowest BCUT2D eigenvalue weighted by atomic mass is 10.0. The maximum absolute atomic E-state index is 3.50. The molecule has 3 aromatic carbocycles. The fraction of sp³-hybridized carbons (Fsp3) is 0.0526. The Balaban J connectivity index is 1.96. The van der Waals surface area contributed by atoms with E-state index in [1.807, 2.05) is 12.1 Å². The maximum Gasteiger partial charge on any atom is 0.0471 e. The van der Waals surface area contributed by atoms with Crippen molar-refractivity contribution in [1.82, 2.24) is 4.98 Å². The molecular weight excluding hydrogens is 242 g/mol. The molecule has 1 heteroatoms. The van der Waals surface area contributed by atoms with Crippen LogP contribution in [0.25, 0.3) is 32.9 Å². The van der Waals surface area contributed by atoms with Crippen LogP contribution in [0.5, 0.6) is 0 Å². The van der Waals surface area contributed by atoms with Gasteiger partial charge in [0, 0.05) is 21.8 Å². The number of rotatable bonds is 0.